The minimum Gasteiger partial charge on any atom is -0.487 e. The monoisotopic (exact) mass is 1370 g/mol. The summed E-state index contributed by atoms with van der Waals surface area (Å²) in [5, 5.41) is 0. The molecule has 524 valence electrons. The molecule has 8 unspecified atom stereocenters. The van der Waals surface area contributed by atoms with Crippen LogP contribution in [0.25, 0.3) is 27.8 Å². The van der Waals surface area contributed by atoms with Crippen LogP contribution in [0.2, 0.25) is 17.5 Å². The molecule has 6 nitrogen and oxygen atoms in total. The summed E-state index contributed by atoms with van der Waals surface area (Å²) >= 11 is 0. The smallest absolute Gasteiger partial charge is 0.255 e. The first-order valence-corrected chi connectivity index (χ1v) is 39.3. The molecule has 13 aliphatic rings. The maximum absolute atomic E-state index is 7.30. The van der Waals surface area contributed by atoms with E-state index in [0.717, 1.165) is 61.5 Å². The molecule has 9 heteroatoms. The predicted molar refractivity (Wildman–Crippen MR) is 444 cm³/mol. The van der Waals surface area contributed by atoms with Crippen molar-refractivity contribution < 1.29 is 14.2 Å². The van der Waals surface area contributed by atoms with Crippen LogP contribution in [0, 0.1) is 42.9 Å². The molecule has 8 atom stereocenters. The zero-order valence-corrected chi connectivity index (χ0v) is 64.2. The second-order valence-corrected chi connectivity index (χ2v) is 36.2. The van der Waals surface area contributed by atoms with Crippen LogP contribution in [-0.2, 0) is 4.74 Å². The highest BCUT2D eigenvalue weighted by Gasteiger charge is 2.55. The number of rotatable bonds is 6. The topological polar surface area (TPSA) is 37.4 Å². The molecule has 6 heterocycles. The summed E-state index contributed by atoms with van der Waals surface area (Å²) in [7, 11) is 0. The molecule has 0 N–H and O–H groups in total. The van der Waals surface area contributed by atoms with Crippen molar-refractivity contribution in [2.45, 2.75) is 184 Å². The summed E-state index contributed by atoms with van der Waals surface area (Å²) in [4.78, 5) is 8.00. The van der Waals surface area contributed by atoms with Gasteiger partial charge in [0, 0.05) is 63.9 Å². The average Bonchev–Trinajstić information content (AvgIpc) is 0.718. The van der Waals surface area contributed by atoms with Crippen LogP contribution in [-0.4, -0.2) is 44.4 Å². The third kappa shape index (κ3) is 10.9. The van der Waals surface area contributed by atoms with E-state index in [2.05, 4.69) is 319 Å². The van der Waals surface area contributed by atoms with Crippen molar-refractivity contribution in [3.63, 3.8) is 0 Å². The summed E-state index contributed by atoms with van der Waals surface area (Å²) in [5.41, 5.74) is 34.9. The molecule has 1 fully saturated rings. The van der Waals surface area contributed by atoms with Gasteiger partial charge in [-0.25, -0.2) is 0 Å². The van der Waals surface area contributed by atoms with E-state index in [9.17, 15) is 0 Å². The highest BCUT2D eigenvalue weighted by atomic mass is 16.5. The minimum atomic E-state index is -0.0914. The lowest BCUT2D eigenvalue weighted by atomic mass is 9.25. The van der Waals surface area contributed by atoms with E-state index in [0.29, 0.717) is 5.92 Å². The van der Waals surface area contributed by atoms with E-state index < -0.39 is 0 Å². The standard InChI is InChI=1S/C96H98B3N3O3/c1-55-16-28-70(29-17-55)100-79-34-22-61(49-73(79)97-76-52-67(94(7,8)9)25-37-85(76)103-88-43-58(4)40-82(100)91(88)97)64-46-65(62-23-35-80-74(50-62)98-77-53-68(95(10,11)12)26-38-86(77)104-89-44-59(5)41-83(92(89)98)101(80)71-30-18-56(2)19-31-71)48-66(47-64)63-24-36-81-75(51-63)99-78-54-69(96(13,14)15)27-39-87(78)105-90-45-60(6)42-84(93(90)99)102(81)72-32-20-57(3)21-33-72/h16-20,22-26,28-30,32,34-38,41-54,58,71,74,76-77,80,85-86H,21,27,31,33,39-40H2,1-15H3. The Balaban J connectivity index is 0.841. The second-order valence-electron chi connectivity index (χ2n) is 36.2. The van der Waals surface area contributed by atoms with Gasteiger partial charge < -0.3 is 28.9 Å². The van der Waals surface area contributed by atoms with E-state index in [1.165, 1.54) is 151 Å². The molecule has 6 aliphatic heterocycles. The molecule has 0 bridgehead atoms. The average molecular weight is 1370 g/mol. The molecule has 7 aliphatic carbocycles. The maximum Gasteiger partial charge on any atom is 0.255 e. The Labute approximate surface area is 625 Å². The number of hydrogen-bond donors (Lipinski definition) is 0. The molecule has 105 heavy (non-hydrogen) atoms. The van der Waals surface area contributed by atoms with Crippen molar-refractivity contribution in [1.29, 1.82) is 0 Å². The maximum atomic E-state index is 7.30. The van der Waals surface area contributed by atoms with Crippen molar-refractivity contribution in [3.8, 4) is 33.8 Å². The third-order valence-corrected chi connectivity index (χ3v) is 25.7. The molecule has 6 aromatic rings. The molecule has 0 amide bonds. The van der Waals surface area contributed by atoms with Crippen molar-refractivity contribution >= 4 is 76.0 Å². The summed E-state index contributed by atoms with van der Waals surface area (Å²) in [6.07, 6.45) is 45.1. The molecule has 1 saturated heterocycles. The molecule has 19 rings (SSSR count). The van der Waals surface area contributed by atoms with Crippen LogP contribution in [0.5, 0.6) is 11.5 Å². The molecule has 0 aromatic heterocycles. The van der Waals surface area contributed by atoms with Crippen molar-refractivity contribution in [2.75, 3.05) is 14.7 Å². The van der Waals surface area contributed by atoms with Crippen LogP contribution in [0.1, 0.15) is 144 Å². The minimum absolute atomic E-state index is 0.0152. The Hall–Kier alpha value is -9.33. The molecule has 0 saturated carbocycles. The van der Waals surface area contributed by atoms with Crippen LogP contribution in [0.4, 0.5) is 28.4 Å². The largest absolute Gasteiger partial charge is 0.487 e. The Morgan fingerprint density at radius 2 is 1.19 bits per heavy atom. The number of anilines is 5. The number of ether oxygens (including phenoxy) is 3. The Morgan fingerprint density at radius 3 is 1.88 bits per heavy atom. The number of aryl methyl sites for hydroxylation is 3. The van der Waals surface area contributed by atoms with Crippen molar-refractivity contribution in [1.82, 2.24) is 0 Å². The number of hydrogen-bond acceptors (Lipinski definition) is 6. The fourth-order valence-corrected chi connectivity index (χ4v) is 20.2. The van der Waals surface area contributed by atoms with Crippen LogP contribution in [0.15, 0.2) is 262 Å². The summed E-state index contributed by atoms with van der Waals surface area (Å²) < 4.78 is 21.8. The fraction of sp³-hybridized carbons (Fsp3) is 0.333. The Kier molecular flexibility index (Phi) is 15.2. The van der Waals surface area contributed by atoms with E-state index in [1.807, 2.05) is 0 Å². The Morgan fingerprint density at radius 1 is 0.514 bits per heavy atom. The highest BCUT2D eigenvalue weighted by Crippen LogP contribution is 2.56. The molecule has 0 spiro atoms. The van der Waals surface area contributed by atoms with Gasteiger partial charge in [0.25, 0.3) is 6.71 Å². The van der Waals surface area contributed by atoms with Gasteiger partial charge in [0.1, 0.15) is 29.5 Å². The first-order valence-electron chi connectivity index (χ1n) is 39.3. The van der Waals surface area contributed by atoms with Gasteiger partial charge in [-0.1, -0.05) is 201 Å². The zero-order chi connectivity index (χ0) is 72.2. The molecular weight excluding hydrogens is 1280 g/mol. The third-order valence-electron chi connectivity index (χ3n) is 25.7. The van der Waals surface area contributed by atoms with Gasteiger partial charge in [-0.15, -0.1) is 0 Å². The molecule has 6 aromatic carbocycles. The summed E-state index contributed by atoms with van der Waals surface area (Å²) in [6.45, 7) is 35.1. The van der Waals surface area contributed by atoms with Gasteiger partial charge in [0.2, 0.25) is 13.4 Å². The second kappa shape index (κ2) is 24.1. The lowest BCUT2D eigenvalue weighted by Crippen LogP contribution is -2.62. The molecular formula is C96H98B3N3O3. The van der Waals surface area contributed by atoms with Crippen LogP contribution >= 0.6 is 0 Å². The van der Waals surface area contributed by atoms with Crippen molar-refractivity contribution in [3.05, 3.63) is 284 Å². The van der Waals surface area contributed by atoms with Gasteiger partial charge in [-0.05, 0) is 274 Å². The number of fused-ring (bicyclic) bond motifs is 11. The van der Waals surface area contributed by atoms with E-state index in [1.54, 1.807) is 0 Å². The van der Waals surface area contributed by atoms with Crippen LogP contribution in [0.3, 0.4) is 0 Å². The van der Waals surface area contributed by atoms with Crippen molar-refractivity contribution in [2.24, 2.45) is 22.2 Å². The highest BCUT2D eigenvalue weighted by molar-refractivity contribution is 6.95. The first kappa shape index (κ1) is 66.4. The van der Waals surface area contributed by atoms with E-state index >= 15 is 0 Å². The zero-order valence-electron chi connectivity index (χ0n) is 64.2. The fourth-order valence-electron chi connectivity index (χ4n) is 20.2. The van der Waals surface area contributed by atoms with Gasteiger partial charge in [0.05, 0.1) is 11.8 Å². The lowest BCUT2D eigenvalue weighted by molar-refractivity contribution is 0.151. The van der Waals surface area contributed by atoms with Gasteiger partial charge in [0.15, 0.2) is 0 Å². The summed E-state index contributed by atoms with van der Waals surface area (Å²) in [5.74, 6) is 4.89. The van der Waals surface area contributed by atoms with Crippen LogP contribution < -0.4 is 46.0 Å². The lowest BCUT2D eigenvalue weighted by Gasteiger charge is -2.53. The summed E-state index contributed by atoms with van der Waals surface area (Å²) in [6, 6.07) is 41.8. The molecule has 0 radical (unpaired) electrons. The van der Waals surface area contributed by atoms with Gasteiger partial charge in [-0.3, -0.25) is 0 Å². The van der Waals surface area contributed by atoms with E-state index in [-0.39, 0.29) is 78.1 Å². The first-order chi connectivity index (χ1) is 50.3. The van der Waals surface area contributed by atoms with E-state index in [4.69, 9.17) is 14.2 Å². The number of allylic oxidation sites excluding steroid dienone is 19. The predicted octanol–water partition coefficient (Wildman–Crippen LogP) is 21.3. The van der Waals surface area contributed by atoms with Gasteiger partial charge >= 0.3 is 0 Å². The number of nitrogens with zero attached hydrogens (tertiary/aromatic N) is 3. The SMILES string of the molecule is CC1=CCC(N2c3cc(C)cc4c3B(C3C=C(C(C)(C)C)C=CC3O4)C3C=C(c4cc(-c5ccc6c(c5)B5C7=C(CC(C)C=C7OC7C=CC(C(C)(C)C)=CC57)N6c5ccc(C)cc5)cc(-c5ccc6c(c5)B5C7=C(CCC(C(C)(C)C)=C7)Oc7cc(C)cc(c75)N6C5=CC=C(C)CC5)c4)C=CC32)C=C1. The van der Waals surface area contributed by atoms with Gasteiger partial charge in [-0.2, -0.15) is 0 Å². The number of benzene rings is 6. The normalized spacial score (nSPS) is 25.0. The quantitative estimate of drug-likeness (QED) is 0.155. The Bertz CT molecular complexity index is 5280.